The summed E-state index contributed by atoms with van der Waals surface area (Å²) in [5.74, 6) is 0.519. The molecule has 24 heavy (non-hydrogen) atoms. The molecule has 0 amide bonds. The maximum absolute atomic E-state index is 5.01. The highest BCUT2D eigenvalue weighted by Gasteiger charge is 2.00. The molecule has 0 saturated carbocycles. The van der Waals surface area contributed by atoms with Crippen LogP contribution in [0.1, 0.15) is 33.6 Å². The van der Waals surface area contributed by atoms with Gasteiger partial charge in [-0.2, -0.15) is 0 Å². The Bertz CT molecular complexity index is 176. The quantitative estimate of drug-likeness (QED) is 0.537. The first kappa shape index (κ1) is 28.6. The summed E-state index contributed by atoms with van der Waals surface area (Å²) in [7, 11) is 10.2. The largest absolute Gasteiger partial charge is 0.384 e. The van der Waals surface area contributed by atoms with Crippen LogP contribution in [0.15, 0.2) is 0 Å². The molecule has 6 heteroatoms. The first-order chi connectivity index (χ1) is 11.5. The van der Waals surface area contributed by atoms with E-state index in [1.54, 1.807) is 42.7 Å². The summed E-state index contributed by atoms with van der Waals surface area (Å²) in [6.45, 7) is 9.22. The van der Waals surface area contributed by atoms with E-state index in [0.717, 1.165) is 26.1 Å². The minimum atomic E-state index is 0.278. The lowest BCUT2D eigenvalue weighted by Crippen LogP contribution is -2.15. The fourth-order valence-corrected chi connectivity index (χ4v) is 1.69. The summed E-state index contributed by atoms with van der Waals surface area (Å²) < 4.78 is 29.5. The van der Waals surface area contributed by atoms with E-state index in [4.69, 9.17) is 28.4 Å². The lowest BCUT2D eigenvalue weighted by atomic mass is 10.2. The van der Waals surface area contributed by atoms with E-state index in [1.165, 1.54) is 0 Å². The summed E-state index contributed by atoms with van der Waals surface area (Å²) in [5.41, 5.74) is 0. The summed E-state index contributed by atoms with van der Waals surface area (Å²) in [6, 6.07) is 0. The molecule has 2 unspecified atom stereocenters. The first-order valence-corrected chi connectivity index (χ1v) is 8.52. The fourth-order valence-electron chi connectivity index (χ4n) is 1.69. The van der Waals surface area contributed by atoms with Gasteiger partial charge >= 0.3 is 0 Å². The number of hydrogen-bond acceptors (Lipinski definition) is 6. The molecule has 150 valence electrons. The van der Waals surface area contributed by atoms with E-state index in [1.807, 2.05) is 0 Å². The molecule has 0 rings (SSSR count). The van der Waals surface area contributed by atoms with Gasteiger partial charge in [0.15, 0.2) is 0 Å². The van der Waals surface area contributed by atoms with Gasteiger partial charge in [0.25, 0.3) is 0 Å². The Balaban J connectivity index is -0.000000276. The summed E-state index contributed by atoms with van der Waals surface area (Å²) >= 11 is 0. The topological polar surface area (TPSA) is 55.4 Å². The molecule has 0 saturated heterocycles. The van der Waals surface area contributed by atoms with Gasteiger partial charge in [-0.05, 0) is 12.8 Å². The van der Waals surface area contributed by atoms with E-state index in [9.17, 15) is 0 Å². The molecule has 0 N–H and O–H groups in total. The number of rotatable bonds is 12. The highest BCUT2D eigenvalue weighted by atomic mass is 16.5. The molecule has 0 heterocycles. The zero-order chi connectivity index (χ0) is 19.2. The second-order valence-corrected chi connectivity index (χ2v) is 5.46. The standard InChI is InChI=1S/3C6H14O2/c1-6(4-7-2)5-8-3;2*1-4-6(8-3)5-7-2/h3*6H,4-5H2,1-3H3. The molecule has 6 nitrogen and oxygen atoms in total. The van der Waals surface area contributed by atoms with Crippen LogP contribution in [0.4, 0.5) is 0 Å². The number of hydrogen-bond donors (Lipinski definition) is 0. The van der Waals surface area contributed by atoms with Crippen molar-refractivity contribution in [3.05, 3.63) is 0 Å². The molecule has 0 aromatic rings. The summed E-state index contributed by atoms with van der Waals surface area (Å²) in [6.07, 6.45) is 2.59. The van der Waals surface area contributed by atoms with Gasteiger partial charge in [-0.25, -0.2) is 0 Å². The minimum absolute atomic E-state index is 0.278. The van der Waals surface area contributed by atoms with Crippen LogP contribution >= 0.6 is 0 Å². The van der Waals surface area contributed by atoms with Crippen LogP contribution in [0, 0.1) is 5.92 Å². The van der Waals surface area contributed by atoms with Gasteiger partial charge in [0, 0.05) is 48.6 Å². The smallest absolute Gasteiger partial charge is 0.0801 e. The molecule has 0 aromatic heterocycles. The third-order valence-corrected chi connectivity index (χ3v) is 3.18. The molecule has 0 aliphatic heterocycles. The highest BCUT2D eigenvalue weighted by molar-refractivity contribution is 4.50. The molecule has 0 spiro atoms. The fraction of sp³-hybridized carbons (Fsp3) is 1.00. The second kappa shape index (κ2) is 25.0. The maximum Gasteiger partial charge on any atom is 0.0801 e. The van der Waals surface area contributed by atoms with Gasteiger partial charge in [-0.3, -0.25) is 0 Å². The normalized spacial score (nSPS) is 12.8. The first-order valence-electron chi connectivity index (χ1n) is 8.52. The maximum atomic E-state index is 5.01. The molecule has 2 atom stereocenters. The lowest BCUT2D eigenvalue weighted by molar-refractivity contribution is 0.0265. The van der Waals surface area contributed by atoms with Crippen molar-refractivity contribution in [1.29, 1.82) is 0 Å². The van der Waals surface area contributed by atoms with Crippen LogP contribution < -0.4 is 0 Å². The van der Waals surface area contributed by atoms with Crippen LogP contribution in [-0.2, 0) is 28.4 Å². The Morgan fingerprint density at radius 1 is 0.542 bits per heavy atom. The molecule has 0 fully saturated rings. The van der Waals surface area contributed by atoms with Crippen LogP contribution in [0.5, 0.6) is 0 Å². The van der Waals surface area contributed by atoms with Crippen molar-refractivity contribution in [2.24, 2.45) is 5.92 Å². The monoisotopic (exact) mass is 354 g/mol. The van der Waals surface area contributed by atoms with Crippen LogP contribution in [0.3, 0.4) is 0 Å². The predicted molar refractivity (Wildman–Crippen MR) is 98.8 cm³/mol. The van der Waals surface area contributed by atoms with Gasteiger partial charge in [0.1, 0.15) is 0 Å². The van der Waals surface area contributed by atoms with Gasteiger partial charge in [0.2, 0.25) is 0 Å². The second-order valence-electron chi connectivity index (χ2n) is 5.46. The third-order valence-electron chi connectivity index (χ3n) is 3.18. The SMILES string of the molecule is CCC(COC)OC.CCC(COC)OC.COCC(C)COC. The Morgan fingerprint density at radius 2 is 0.833 bits per heavy atom. The average Bonchev–Trinajstić information content (AvgIpc) is 2.59. The van der Waals surface area contributed by atoms with Crippen molar-refractivity contribution >= 4 is 0 Å². The van der Waals surface area contributed by atoms with E-state index in [2.05, 4.69) is 20.8 Å². The molecule has 0 aliphatic rings. The van der Waals surface area contributed by atoms with Crippen molar-refractivity contribution in [1.82, 2.24) is 0 Å². The molecule has 0 aromatic carbocycles. The highest BCUT2D eigenvalue weighted by Crippen LogP contribution is 1.95. The van der Waals surface area contributed by atoms with Crippen LogP contribution in [-0.4, -0.2) is 81.3 Å². The average molecular weight is 355 g/mol. The number of ether oxygens (including phenoxy) is 6. The Morgan fingerprint density at radius 3 is 0.958 bits per heavy atom. The van der Waals surface area contributed by atoms with Crippen molar-refractivity contribution < 1.29 is 28.4 Å². The zero-order valence-corrected chi connectivity index (χ0v) is 17.4. The molecular weight excluding hydrogens is 312 g/mol. The Kier molecular flexibility index (Phi) is 29.8. The third kappa shape index (κ3) is 24.0. The summed E-state index contributed by atoms with van der Waals surface area (Å²) in [5, 5.41) is 0. The van der Waals surface area contributed by atoms with Crippen LogP contribution in [0.2, 0.25) is 0 Å². The molecule has 0 bridgehead atoms. The molecular formula is C18H42O6. The Labute approximate surface area is 150 Å². The van der Waals surface area contributed by atoms with Crippen molar-refractivity contribution in [2.45, 2.75) is 45.8 Å². The summed E-state index contributed by atoms with van der Waals surface area (Å²) in [4.78, 5) is 0. The van der Waals surface area contributed by atoms with E-state index in [0.29, 0.717) is 19.1 Å². The van der Waals surface area contributed by atoms with Gasteiger partial charge in [-0.15, -0.1) is 0 Å². The predicted octanol–water partition coefficient (Wildman–Crippen LogP) is 3.03. The van der Waals surface area contributed by atoms with Gasteiger partial charge in [-0.1, -0.05) is 20.8 Å². The molecule has 0 aliphatic carbocycles. The Hall–Kier alpha value is -0.240. The minimum Gasteiger partial charge on any atom is -0.384 e. The number of methoxy groups -OCH3 is 6. The lowest BCUT2D eigenvalue weighted by Gasteiger charge is -2.09. The van der Waals surface area contributed by atoms with E-state index in [-0.39, 0.29) is 12.2 Å². The molecule has 0 radical (unpaired) electrons. The van der Waals surface area contributed by atoms with E-state index < -0.39 is 0 Å². The van der Waals surface area contributed by atoms with Gasteiger partial charge < -0.3 is 28.4 Å². The van der Waals surface area contributed by atoms with E-state index >= 15 is 0 Å². The van der Waals surface area contributed by atoms with Crippen molar-refractivity contribution in [3.8, 4) is 0 Å². The van der Waals surface area contributed by atoms with Crippen molar-refractivity contribution in [3.63, 3.8) is 0 Å². The van der Waals surface area contributed by atoms with Crippen LogP contribution in [0.25, 0.3) is 0 Å². The van der Waals surface area contributed by atoms with Gasteiger partial charge in [0.05, 0.1) is 38.6 Å². The van der Waals surface area contributed by atoms with Crippen molar-refractivity contribution in [2.75, 3.05) is 69.1 Å². The zero-order valence-electron chi connectivity index (χ0n) is 17.4.